The Morgan fingerprint density at radius 1 is 1.13 bits per heavy atom. The Morgan fingerprint density at radius 2 is 1.87 bits per heavy atom. The van der Waals surface area contributed by atoms with Gasteiger partial charge in [-0.15, -0.1) is 0 Å². The first kappa shape index (κ1) is 15.9. The smallest absolute Gasteiger partial charge is 0.137 e. The predicted octanol–water partition coefficient (Wildman–Crippen LogP) is 4.55. The number of anilines is 3. The van der Waals surface area contributed by atoms with Crippen molar-refractivity contribution < 1.29 is 4.74 Å². The molecule has 23 heavy (non-hydrogen) atoms. The van der Waals surface area contributed by atoms with Crippen molar-refractivity contribution in [3.8, 4) is 5.75 Å². The van der Waals surface area contributed by atoms with E-state index in [1.54, 1.807) is 7.11 Å². The van der Waals surface area contributed by atoms with Gasteiger partial charge >= 0.3 is 0 Å². The number of halogens is 1. The zero-order valence-electron chi connectivity index (χ0n) is 13.4. The Labute approximate surface area is 141 Å². The molecule has 5 nitrogen and oxygen atoms in total. The number of methoxy groups -OCH3 is 1. The van der Waals surface area contributed by atoms with E-state index < -0.39 is 0 Å². The van der Waals surface area contributed by atoms with Crippen molar-refractivity contribution in [3.63, 3.8) is 0 Å². The highest BCUT2D eigenvalue weighted by Crippen LogP contribution is 2.29. The highest BCUT2D eigenvalue weighted by atomic mass is 35.5. The van der Waals surface area contributed by atoms with Crippen molar-refractivity contribution in [2.45, 2.75) is 38.6 Å². The lowest BCUT2D eigenvalue weighted by Gasteiger charge is -2.14. The number of rotatable bonds is 5. The first-order valence-corrected chi connectivity index (χ1v) is 8.24. The summed E-state index contributed by atoms with van der Waals surface area (Å²) in [5, 5.41) is 7.33. The maximum Gasteiger partial charge on any atom is 0.137 e. The molecular formula is C17H21ClN4O. The second kappa shape index (κ2) is 7.04. The Morgan fingerprint density at radius 3 is 2.57 bits per heavy atom. The minimum atomic E-state index is 0.521. The van der Waals surface area contributed by atoms with Crippen molar-refractivity contribution in [2.24, 2.45) is 0 Å². The number of hydrogen-bond acceptors (Lipinski definition) is 5. The van der Waals surface area contributed by atoms with Crippen LogP contribution in [0.15, 0.2) is 24.3 Å². The molecule has 1 heterocycles. The summed E-state index contributed by atoms with van der Waals surface area (Å²) < 4.78 is 5.17. The Kier molecular flexibility index (Phi) is 4.86. The van der Waals surface area contributed by atoms with Gasteiger partial charge in [0.25, 0.3) is 0 Å². The quantitative estimate of drug-likeness (QED) is 0.841. The molecule has 1 saturated carbocycles. The van der Waals surface area contributed by atoms with Crippen LogP contribution in [0.3, 0.4) is 0 Å². The fourth-order valence-electron chi connectivity index (χ4n) is 2.88. The molecule has 0 amide bonds. The summed E-state index contributed by atoms with van der Waals surface area (Å²) in [6, 6.07) is 8.01. The molecule has 0 saturated heterocycles. The molecule has 1 aliphatic rings. The number of ether oxygens (including phenoxy) is 1. The molecule has 0 unspecified atom stereocenters. The van der Waals surface area contributed by atoms with E-state index in [-0.39, 0.29) is 0 Å². The van der Waals surface area contributed by atoms with E-state index in [0.29, 0.717) is 16.8 Å². The second-order valence-electron chi connectivity index (χ2n) is 5.79. The monoisotopic (exact) mass is 332 g/mol. The fraction of sp³-hybridized carbons (Fsp3) is 0.412. The zero-order valence-corrected chi connectivity index (χ0v) is 14.2. The molecule has 0 radical (unpaired) electrons. The molecule has 0 bridgehead atoms. The lowest BCUT2D eigenvalue weighted by atomic mass is 10.2. The summed E-state index contributed by atoms with van der Waals surface area (Å²) >= 11 is 6.16. The molecule has 2 N–H and O–H groups in total. The fourth-order valence-corrected chi connectivity index (χ4v) is 3.13. The Hall–Kier alpha value is -2.01. The number of nitrogens with zero attached hydrogens (tertiary/aromatic N) is 2. The van der Waals surface area contributed by atoms with Gasteiger partial charge in [0, 0.05) is 17.8 Å². The number of hydrogen-bond donors (Lipinski definition) is 2. The van der Waals surface area contributed by atoms with Crippen LogP contribution in [-0.2, 0) is 0 Å². The Balaban J connectivity index is 1.76. The average Bonchev–Trinajstić information content (AvgIpc) is 2.99. The van der Waals surface area contributed by atoms with E-state index in [1.165, 1.54) is 25.7 Å². The summed E-state index contributed by atoms with van der Waals surface area (Å²) in [5.41, 5.74) is 0.862. The average molecular weight is 333 g/mol. The molecular weight excluding hydrogens is 312 g/mol. The van der Waals surface area contributed by atoms with Crippen LogP contribution in [0, 0.1) is 6.92 Å². The molecule has 1 aromatic heterocycles. The number of nitrogens with one attached hydrogen (secondary N) is 2. The topological polar surface area (TPSA) is 59.1 Å². The van der Waals surface area contributed by atoms with Crippen molar-refractivity contribution in [1.29, 1.82) is 0 Å². The van der Waals surface area contributed by atoms with Gasteiger partial charge in [-0.05, 0) is 38.0 Å². The summed E-state index contributed by atoms with van der Waals surface area (Å²) in [6.45, 7) is 1.89. The van der Waals surface area contributed by atoms with Crippen molar-refractivity contribution in [3.05, 3.63) is 35.1 Å². The van der Waals surface area contributed by atoms with E-state index in [2.05, 4.69) is 20.6 Å². The normalized spacial score (nSPS) is 14.7. The van der Waals surface area contributed by atoms with Gasteiger partial charge in [-0.25, -0.2) is 9.97 Å². The third-order valence-corrected chi connectivity index (χ3v) is 4.26. The zero-order chi connectivity index (χ0) is 16.2. The lowest BCUT2D eigenvalue weighted by molar-refractivity contribution is 0.415. The summed E-state index contributed by atoms with van der Waals surface area (Å²) in [5.74, 6) is 3.00. The van der Waals surface area contributed by atoms with Crippen LogP contribution >= 0.6 is 11.6 Å². The largest absolute Gasteiger partial charge is 0.495 e. The van der Waals surface area contributed by atoms with Crippen LogP contribution < -0.4 is 15.4 Å². The van der Waals surface area contributed by atoms with Crippen LogP contribution in [0.4, 0.5) is 17.3 Å². The van der Waals surface area contributed by atoms with Crippen molar-refractivity contribution >= 4 is 28.9 Å². The van der Waals surface area contributed by atoms with E-state index in [9.17, 15) is 0 Å². The maximum atomic E-state index is 6.16. The highest BCUT2D eigenvalue weighted by Gasteiger charge is 2.15. The van der Waals surface area contributed by atoms with Gasteiger partial charge < -0.3 is 15.4 Å². The van der Waals surface area contributed by atoms with Gasteiger partial charge in [-0.3, -0.25) is 0 Å². The van der Waals surface area contributed by atoms with Gasteiger partial charge in [0.15, 0.2) is 0 Å². The van der Waals surface area contributed by atoms with Crippen LogP contribution in [0.5, 0.6) is 5.75 Å². The summed E-state index contributed by atoms with van der Waals surface area (Å²) in [6.07, 6.45) is 4.99. The SMILES string of the molecule is COc1ccc(Nc2cc(NC3CCCC3)nc(C)n2)cc1Cl. The molecule has 3 rings (SSSR count). The number of benzene rings is 1. The third-order valence-electron chi connectivity index (χ3n) is 3.97. The van der Waals surface area contributed by atoms with Crippen molar-refractivity contribution in [1.82, 2.24) is 9.97 Å². The van der Waals surface area contributed by atoms with E-state index in [0.717, 1.165) is 23.1 Å². The second-order valence-corrected chi connectivity index (χ2v) is 6.19. The predicted molar refractivity (Wildman–Crippen MR) is 93.9 cm³/mol. The number of aryl methyl sites for hydroxylation is 1. The first-order valence-electron chi connectivity index (χ1n) is 7.87. The van der Waals surface area contributed by atoms with E-state index in [4.69, 9.17) is 16.3 Å². The lowest BCUT2D eigenvalue weighted by Crippen LogP contribution is -2.16. The van der Waals surface area contributed by atoms with Gasteiger partial charge in [0.2, 0.25) is 0 Å². The van der Waals surface area contributed by atoms with E-state index in [1.807, 2.05) is 31.2 Å². The van der Waals surface area contributed by atoms with Gasteiger partial charge in [-0.2, -0.15) is 0 Å². The first-order chi connectivity index (χ1) is 11.1. The number of aromatic nitrogens is 2. The minimum Gasteiger partial charge on any atom is -0.495 e. The van der Waals surface area contributed by atoms with Crippen molar-refractivity contribution in [2.75, 3.05) is 17.7 Å². The van der Waals surface area contributed by atoms with Gasteiger partial charge in [0.05, 0.1) is 12.1 Å². The van der Waals surface area contributed by atoms with Crippen LogP contribution in [0.2, 0.25) is 5.02 Å². The molecule has 1 aliphatic carbocycles. The molecule has 2 aromatic rings. The highest BCUT2D eigenvalue weighted by molar-refractivity contribution is 6.32. The standard InChI is InChI=1S/C17H21ClN4O/c1-11-19-16(21-12-5-3-4-6-12)10-17(20-11)22-13-7-8-15(23-2)14(18)9-13/h7-10,12H,3-6H2,1-2H3,(H2,19,20,21,22). The molecule has 1 fully saturated rings. The molecule has 0 atom stereocenters. The van der Waals surface area contributed by atoms with Crippen LogP contribution in [0.25, 0.3) is 0 Å². The van der Waals surface area contributed by atoms with E-state index >= 15 is 0 Å². The van der Waals surface area contributed by atoms with Crippen LogP contribution in [-0.4, -0.2) is 23.1 Å². The summed E-state index contributed by atoms with van der Waals surface area (Å²) in [7, 11) is 1.60. The maximum absolute atomic E-state index is 6.16. The van der Waals surface area contributed by atoms with Crippen LogP contribution in [0.1, 0.15) is 31.5 Å². The molecule has 122 valence electrons. The molecule has 1 aromatic carbocycles. The Bertz CT molecular complexity index is 686. The third kappa shape index (κ3) is 4.05. The van der Waals surface area contributed by atoms with Gasteiger partial charge in [-0.1, -0.05) is 24.4 Å². The molecule has 6 heteroatoms. The minimum absolute atomic E-state index is 0.521. The molecule has 0 spiro atoms. The molecule has 0 aliphatic heterocycles. The summed E-state index contributed by atoms with van der Waals surface area (Å²) in [4.78, 5) is 8.91. The van der Waals surface area contributed by atoms with Gasteiger partial charge in [0.1, 0.15) is 23.2 Å².